The summed E-state index contributed by atoms with van der Waals surface area (Å²) in [7, 11) is 1.68. The van der Waals surface area contributed by atoms with Gasteiger partial charge in [0.2, 0.25) is 12.3 Å². The fourth-order valence-corrected chi connectivity index (χ4v) is 4.30. The van der Waals surface area contributed by atoms with E-state index in [4.69, 9.17) is 0 Å². The number of allylic oxidation sites excluding steroid dienone is 2. The van der Waals surface area contributed by atoms with Gasteiger partial charge in [-0.15, -0.1) is 0 Å². The molecule has 2 amide bonds. The number of imide groups is 1. The number of fused-ring (bicyclic) bond motifs is 1. The van der Waals surface area contributed by atoms with Crippen molar-refractivity contribution < 1.29 is 9.59 Å². The second-order valence-electron chi connectivity index (χ2n) is 9.82. The Kier molecular flexibility index (Phi) is 6.56. The number of hydrogen-bond donors (Lipinski definition) is 1. The minimum Gasteiger partial charge on any atom is -0.311 e. The van der Waals surface area contributed by atoms with Gasteiger partial charge in [-0.2, -0.15) is 0 Å². The third-order valence-corrected chi connectivity index (χ3v) is 6.43. The lowest BCUT2D eigenvalue weighted by atomic mass is 9.67. The summed E-state index contributed by atoms with van der Waals surface area (Å²) in [5.74, 6) is -0.250. The van der Waals surface area contributed by atoms with Crippen LogP contribution < -0.4 is 5.32 Å². The average Bonchev–Trinajstić information content (AvgIpc) is 2.75. The first-order valence-electron chi connectivity index (χ1n) is 11.0. The summed E-state index contributed by atoms with van der Waals surface area (Å²) in [5.41, 5.74) is 7.94. The molecular weight excluding hydrogens is 396 g/mol. The van der Waals surface area contributed by atoms with Crippen LogP contribution in [0.3, 0.4) is 0 Å². The van der Waals surface area contributed by atoms with E-state index in [1.807, 2.05) is 24.3 Å². The topological polar surface area (TPSA) is 49.4 Å². The number of benzene rings is 2. The van der Waals surface area contributed by atoms with Gasteiger partial charge in [-0.25, -0.2) is 0 Å². The Bertz CT molecular complexity index is 1080. The van der Waals surface area contributed by atoms with E-state index in [2.05, 4.69) is 70.8 Å². The minimum atomic E-state index is -0.250. The van der Waals surface area contributed by atoms with Crippen molar-refractivity contribution in [2.24, 2.45) is 0 Å². The molecule has 32 heavy (non-hydrogen) atoms. The van der Waals surface area contributed by atoms with E-state index in [1.165, 1.54) is 21.6 Å². The van der Waals surface area contributed by atoms with Crippen LogP contribution in [-0.2, 0) is 27.0 Å². The van der Waals surface area contributed by atoms with Crippen LogP contribution in [0.25, 0.3) is 5.57 Å². The fourth-order valence-electron chi connectivity index (χ4n) is 4.30. The Morgan fingerprint density at radius 1 is 1.03 bits per heavy atom. The lowest BCUT2D eigenvalue weighted by molar-refractivity contribution is -0.138. The summed E-state index contributed by atoms with van der Waals surface area (Å²) >= 11 is 0. The average molecular weight is 431 g/mol. The molecule has 2 aromatic rings. The highest BCUT2D eigenvalue weighted by Gasteiger charge is 2.33. The molecule has 0 saturated heterocycles. The maximum absolute atomic E-state index is 12.0. The van der Waals surface area contributed by atoms with Crippen molar-refractivity contribution in [1.82, 2.24) is 10.2 Å². The highest BCUT2D eigenvalue weighted by atomic mass is 16.2. The van der Waals surface area contributed by atoms with Crippen LogP contribution in [0.4, 0.5) is 0 Å². The van der Waals surface area contributed by atoms with Gasteiger partial charge < -0.3 is 5.32 Å². The quantitative estimate of drug-likeness (QED) is 0.503. The predicted molar refractivity (Wildman–Crippen MR) is 131 cm³/mol. The van der Waals surface area contributed by atoms with Gasteiger partial charge in [-0.3, -0.25) is 14.5 Å². The second-order valence-corrected chi connectivity index (χ2v) is 9.82. The number of aryl methyl sites for hydroxylation is 1. The lowest BCUT2D eigenvalue weighted by Gasteiger charge is -2.37. The van der Waals surface area contributed by atoms with E-state index in [1.54, 1.807) is 7.05 Å². The number of carbonyl (C=O) groups excluding carboxylic acids is 2. The molecule has 4 heteroatoms. The minimum absolute atomic E-state index is 0.00626. The molecule has 1 N–H and O–H groups in total. The van der Waals surface area contributed by atoms with Crippen molar-refractivity contribution in [3.63, 3.8) is 0 Å². The van der Waals surface area contributed by atoms with E-state index < -0.39 is 0 Å². The van der Waals surface area contributed by atoms with Crippen molar-refractivity contribution in [1.29, 1.82) is 0 Å². The first-order chi connectivity index (χ1) is 15.0. The Hall–Kier alpha value is -2.98. The van der Waals surface area contributed by atoms with Crippen LogP contribution >= 0.6 is 0 Å². The number of likely N-dealkylation sites (N-methyl/N-ethyl adjacent to an activating group) is 1. The summed E-state index contributed by atoms with van der Waals surface area (Å²) in [6, 6.07) is 12.5. The van der Waals surface area contributed by atoms with Crippen molar-refractivity contribution in [3.8, 4) is 0 Å². The molecule has 0 aliphatic heterocycles. The third kappa shape index (κ3) is 4.61. The van der Waals surface area contributed by atoms with Crippen molar-refractivity contribution in [2.45, 2.75) is 52.0 Å². The molecule has 0 saturated carbocycles. The predicted octanol–water partition coefficient (Wildman–Crippen LogP) is 4.89. The number of carbonyl (C=O) groups is 2. The summed E-state index contributed by atoms with van der Waals surface area (Å²) in [6.07, 6.45) is 5.20. The molecule has 0 fully saturated rings. The second kappa shape index (κ2) is 8.87. The largest absolute Gasteiger partial charge is 0.311 e. The number of nitrogens with zero attached hydrogens (tertiary/aromatic N) is 1. The van der Waals surface area contributed by atoms with Crippen LogP contribution in [0.15, 0.2) is 55.1 Å². The molecule has 0 bridgehead atoms. The third-order valence-electron chi connectivity index (χ3n) is 6.43. The maximum Gasteiger partial charge on any atom is 0.243 e. The van der Waals surface area contributed by atoms with Gasteiger partial charge in [0, 0.05) is 10.8 Å². The zero-order valence-electron chi connectivity index (χ0n) is 20.1. The number of hydrogen-bond acceptors (Lipinski definition) is 3. The summed E-state index contributed by atoms with van der Waals surface area (Å²) in [5, 5.41) is 2.78. The van der Waals surface area contributed by atoms with Gasteiger partial charge in [-0.1, -0.05) is 76.8 Å². The van der Waals surface area contributed by atoms with Gasteiger partial charge in [0.25, 0.3) is 0 Å². The van der Waals surface area contributed by atoms with Crippen LogP contribution in [0.1, 0.15) is 61.1 Å². The maximum atomic E-state index is 12.0. The van der Waals surface area contributed by atoms with Crippen molar-refractivity contribution >= 4 is 17.9 Å². The van der Waals surface area contributed by atoms with E-state index in [9.17, 15) is 9.59 Å². The van der Waals surface area contributed by atoms with Gasteiger partial charge in [0.1, 0.15) is 0 Å². The summed E-state index contributed by atoms with van der Waals surface area (Å²) in [6.45, 7) is 16.0. The highest BCUT2D eigenvalue weighted by molar-refractivity contribution is 5.87. The zero-order chi connectivity index (χ0) is 23.7. The van der Waals surface area contributed by atoms with Gasteiger partial charge in [-0.05, 0) is 59.0 Å². The van der Waals surface area contributed by atoms with E-state index in [-0.39, 0.29) is 29.8 Å². The van der Waals surface area contributed by atoms with Crippen molar-refractivity contribution in [3.05, 3.63) is 88.5 Å². The SMILES string of the molecule is C=C(c1ccc(CN(C=O)C(=O)CNC)cc1)c1cc2c(cc1C)C(C)(C)C=CC2(C)C. The molecule has 0 aromatic heterocycles. The molecule has 3 rings (SSSR count). The first kappa shape index (κ1) is 23.7. The molecular formula is C28H34N2O2. The number of nitrogens with one attached hydrogen (secondary N) is 1. The standard InChI is InChI=1S/C28H34N2O2/c1-19-14-24-25(28(5,6)13-12-27(24,3)4)15-23(19)20(2)22-10-8-21(9-11-22)17-30(18-31)26(32)16-29-7/h8-15,18,29H,2,16-17H2,1,3-7H3. The molecule has 2 aromatic carbocycles. The molecule has 168 valence electrons. The normalized spacial score (nSPS) is 15.7. The van der Waals surface area contributed by atoms with Gasteiger partial charge >= 0.3 is 0 Å². The van der Waals surface area contributed by atoms with Crippen molar-refractivity contribution in [2.75, 3.05) is 13.6 Å². The number of rotatable bonds is 7. The molecule has 1 aliphatic rings. The van der Waals surface area contributed by atoms with E-state index in [0.717, 1.165) is 22.3 Å². The Labute approximate surface area is 192 Å². The molecule has 0 heterocycles. The van der Waals surface area contributed by atoms with Crippen LogP contribution in [-0.4, -0.2) is 30.8 Å². The smallest absolute Gasteiger partial charge is 0.243 e. The van der Waals surface area contributed by atoms with E-state index >= 15 is 0 Å². The Morgan fingerprint density at radius 3 is 2.12 bits per heavy atom. The first-order valence-corrected chi connectivity index (χ1v) is 11.0. The van der Waals surface area contributed by atoms with Crippen LogP contribution in [0.5, 0.6) is 0 Å². The van der Waals surface area contributed by atoms with E-state index in [0.29, 0.717) is 6.41 Å². The fraction of sp³-hybridized carbons (Fsp3) is 0.357. The number of amides is 2. The molecule has 0 atom stereocenters. The Morgan fingerprint density at radius 2 is 1.59 bits per heavy atom. The molecule has 0 unspecified atom stereocenters. The highest BCUT2D eigenvalue weighted by Crippen LogP contribution is 2.43. The van der Waals surface area contributed by atoms with Crippen LogP contribution in [0.2, 0.25) is 0 Å². The van der Waals surface area contributed by atoms with Crippen LogP contribution in [0, 0.1) is 6.92 Å². The summed E-state index contributed by atoms with van der Waals surface area (Å²) < 4.78 is 0. The monoisotopic (exact) mass is 430 g/mol. The lowest BCUT2D eigenvalue weighted by Crippen LogP contribution is -2.35. The van der Waals surface area contributed by atoms with Gasteiger partial charge in [0.15, 0.2) is 0 Å². The van der Waals surface area contributed by atoms with Gasteiger partial charge in [0.05, 0.1) is 13.1 Å². The molecule has 0 radical (unpaired) electrons. The zero-order valence-corrected chi connectivity index (χ0v) is 20.1. The molecule has 4 nitrogen and oxygen atoms in total. The molecule has 0 spiro atoms. The molecule has 1 aliphatic carbocycles. The Balaban J connectivity index is 1.89. The summed E-state index contributed by atoms with van der Waals surface area (Å²) in [4.78, 5) is 24.5.